The quantitative estimate of drug-likeness (QED) is 0.892. The summed E-state index contributed by atoms with van der Waals surface area (Å²) in [5.41, 5.74) is 2.69. The molecule has 0 aliphatic carbocycles. The number of nitrogens with one attached hydrogen (secondary N) is 2. The monoisotopic (exact) mass is 348 g/mol. The molecule has 4 rings (SSSR count). The first kappa shape index (κ1) is 15.6. The Bertz CT molecular complexity index is 777. The molecule has 0 fully saturated rings. The Hall–Kier alpha value is -1.96. The molecule has 2 aromatic rings. The Balaban J connectivity index is 1.38. The molecule has 1 aromatic heterocycles. The maximum absolute atomic E-state index is 13.4. The summed E-state index contributed by atoms with van der Waals surface area (Å²) >= 11 is 1.21. The summed E-state index contributed by atoms with van der Waals surface area (Å²) in [7, 11) is 0. The predicted molar refractivity (Wildman–Crippen MR) is 88.9 cm³/mol. The van der Waals surface area contributed by atoms with E-state index in [1.807, 2.05) is 18.2 Å². The fourth-order valence-electron chi connectivity index (χ4n) is 3.02. The zero-order chi connectivity index (χ0) is 16.5. The third kappa shape index (κ3) is 3.15. The van der Waals surface area contributed by atoms with Gasteiger partial charge in [-0.15, -0.1) is 11.3 Å². The third-order valence-electron chi connectivity index (χ3n) is 4.14. The maximum Gasteiger partial charge on any atom is 0.262 e. The minimum atomic E-state index is -0.152. The molecule has 2 N–H and O–H groups in total. The van der Waals surface area contributed by atoms with Gasteiger partial charge in [-0.1, -0.05) is 6.07 Å². The lowest BCUT2D eigenvalue weighted by Crippen LogP contribution is -2.27. The average Bonchev–Trinajstić information content (AvgIpc) is 2.95. The lowest BCUT2D eigenvalue weighted by Gasteiger charge is -2.24. The smallest absolute Gasteiger partial charge is 0.262 e. The lowest BCUT2D eigenvalue weighted by molar-refractivity contribution is -0.118. The molecular formula is C17H17FN2O3S. The maximum atomic E-state index is 13.4. The molecule has 24 heavy (non-hydrogen) atoms. The van der Waals surface area contributed by atoms with Crippen molar-refractivity contribution in [2.75, 3.05) is 25.1 Å². The summed E-state index contributed by atoms with van der Waals surface area (Å²) in [5.74, 6) is 0.544. The first-order chi connectivity index (χ1) is 11.7. The molecule has 1 atom stereocenters. The SMILES string of the molecule is O=C1COc2ccc(CNC[C@@H]3OCCc4sc(F)cc43)cc2N1. The van der Waals surface area contributed by atoms with Gasteiger partial charge >= 0.3 is 0 Å². The summed E-state index contributed by atoms with van der Waals surface area (Å²) in [5, 5.41) is 5.99. The Morgan fingerprint density at radius 2 is 2.29 bits per heavy atom. The highest BCUT2D eigenvalue weighted by molar-refractivity contribution is 7.10. The van der Waals surface area contributed by atoms with Gasteiger partial charge < -0.3 is 20.1 Å². The number of ether oxygens (including phenoxy) is 2. The van der Waals surface area contributed by atoms with Crippen molar-refractivity contribution in [3.8, 4) is 5.75 Å². The van der Waals surface area contributed by atoms with Gasteiger partial charge in [-0.2, -0.15) is 4.39 Å². The number of benzene rings is 1. The van der Waals surface area contributed by atoms with Gasteiger partial charge in [-0.25, -0.2) is 0 Å². The van der Waals surface area contributed by atoms with Crippen molar-refractivity contribution < 1.29 is 18.7 Å². The van der Waals surface area contributed by atoms with Crippen LogP contribution in [0.2, 0.25) is 0 Å². The number of amides is 1. The van der Waals surface area contributed by atoms with Crippen LogP contribution in [-0.2, 0) is 22.5 Å². The highest BCUT2D eigenvalue weighted by atomic mass is 32.1. The first-order valence-corrected chi connectivity index (χ1v) is 8.67. The van der Waals surface area contributed by atoms with Crippen molar-refractivity contribution >= 4 is 22.9 Å². The molecule has 0 spiro atoms. The van der Waals surface area contributed by atoms with Crippen molar-refractivity contribution in [1.82, 2.24) is 5.32 Å². The van der Waals surface area contributed by atoms with Gasteiger partial charge in [-0.3, -0.25) is 4.79 Å². The number of halogens is 1. The van der Waals surface area contributed by atoms with Gasteiger partial charge in [-0.05, 0) is 29.3 Å². The van der Waals surface area contributed by atoms with Gasteiger partial charge in [0.25, 0.3) is 5.91 Å². The molecule has 0 unspecified atom stereocenters. The van der Waals surface area contributed by atoms with E-state index in [1.165, 1.54) is 11.3 Å². The van der Waals surface area contributed by atoms with E-state index >= 15 is 0 Å². The van der Waals surface area contributed by atoms with Crippen molar-refractivity contribution in [2.24, 2.45) is 0 Å². The standard InChI is InChI=1S/C17H17FN2O3S/c18-16-6-11-14(22-4-3-15(11)24-16)8-19-7-10-1-2-13-12(5-10)20-17(21)9-23-13/h1-2,5-6,14,19H,3-4,7-9H2,(H,20,21)/t14-/m0/s1. The number of hydrogen-bond acceptors (Lipinski definition) is 5. The van der Waals surface area contributed by atoms with E-state index in [1.54, 1.807) is 6.07 Å². The lowest BCUT2D eigenvalue weighted by atomic mass is 10.1. The minimum absolute atomic E-state index is 0.0587. The second-order valence-corrected chi connectivity index (χ2v) is 6.92. The van der Waals surface area contributed by atoms with Gasteiger partial charge in [0.05, 0.1) is 18.4 Å². The van der Waals surface area contributed by atoms with Crippen LogP contribution in [0.3, 0.4) is 0 Å². The van der Waals surface area contributed by atoms with E-state index in [-0.39, 0.29) is 23.7 Å². The van der Waals surface area contributed by atoms with Gasteiger partial charge in [0.1, 0.15) is 5.75 Å². The Morgan fingerprint density at radius 1 is 1.38 bits per heavy atom. The van der Waals surface area contributed by atoms with Gasteiger partial charge in [0, 0.05) is 24.4 Å². The molecule has 1 aromatic carbocycles. The average molecular weight is 348 g/mol. The minimum Gasteiger partial charge on any atom is -0.482 e. The molecule has 0 radical (unpaired) electrons. The van der Waals surface area contributed by atoms with Crippen LogP contribution >= 0.6 is 11.3 Å². The van der Waals surface area contributed by atoms with E-state index < -0.39 is 0 Å². The fraction of sp³-hybridized carbons (Fsp3) is 0.353. The molecule has 7 heteroatoms. The van der Waals surface area contributed by atoms with E-state index in [0.29, 0.717) is 31.1 Å². The summed E-state index contributed by atoms with van der Waals surface area (Å²) in [6, 6.07) is 7.30. The molecule has 2 aliphatic heterocycles. The number of thiophene rings is 1. The third-order valence-corrected chi connectivity index (χ3v) is 5.14. The first-order valence-electron chi connectivity index (χ1n) is 7.85. The van der Waals surface area contributed by atoms with Crippen LogP contribution in [0.4, 0.5) is 10.1 Å². The number of hydrogen-bond donors (Lipinski definition) is 2. The van der Waals surface area contributed by atoms with Crippen LogP contribution < -0.4 is 15.4 Å². The van der Waals surface area contributed by atoms with Crippen LogP contribution in [0.1, 0.15) is 22.1 Å². The zero-order valence-corrected chi connectivity index (χ0v) is 13.7. The summed E-state index contributed by atoms with van der Waals surface area (Å²) < 4.78 is 24.5. The van der Waals surface area contributed by atoms with E-state index in [9.17, 15) is 9.18 Å². The van der Waals surface area contributed by atoms with Crippen LogP contribution in [0, 0.1) is 5.13 Å². The molecule has 126 valence electrons. The van der Waals surface area contributed by atoms with Crippen LogP contribution in [0.5, 0.6) is 5.75 Å². The van der Waals surface area contributed by atoms with Crippen molar-refractivity contribution in [1.29, 1.82) is 0 Å². The highest BCUT2D eigenvalue weighted by Crippen LogP contribution is 2.33. The Kier molecular flexibility index (Phi) is 4.22. The van der Waals surface area contributed by atoms with Crippen molar-refractivity contribution in [3.05, 3.63) is 45.4 Å². The molecule has 0 saturated carbocycles. The van der Waals surface area contributed by atoms with E-state index in [4.69, 9.17) is 9.47 Å². The Labute approximate surface area is 142 Å². The zero-order valence-electron chi connectivity index (χ0n) is 12.9. The Morgan fingerprint density at radius 3 is 3.21 bits per heavy atom. The summed E-state index contributed by atoms with van der Waals surface area (Å²) in [4.78, 5) is 12.5. The molecule has 0 bridgehead atoms. The summed E-state index contributed by atoms with van der Waals surface area (Å²) in [6.07, 6.45) is 0.667. The molecule has 2 aliphatic rings. The largest absolute Gasteiger partial charge is 0.482 e. The van der Waals surface area contributed by atoms with Crippen LogP contribution in [0.15, 0.2) is 24.3 Å². The van der Waals surface area contributed by atoms with Gasteiger partial charge in [0.15, 0.2) is 11.7 Å². The molecular weight excluding hydrogens is 331 g/mol. The fourth-order valence-corrected chi connectivity index (χ4v) is 3.93. The van der Waals surface area contributed by atoms with Crippen molar-refractivity contribution in [3.63, 3.8) is 0 Å². The molecule has 3 heterocycles. The molecule has 0 saturated heterocycles. The van der Waals surface area contributed by atoms with Crippen LogP contribution in [-0.4, -0.2) is 25.7 Å². The van der Waals surface area contributed by atoms with E-state index in [0.717, 1.165) is 22.4 Å². The number of fused-ring (bicyclic) bond motifs is 2. The predicted octanol–water partition coefficient (Wildman–Crippen LogP) is 2.62. The summed E-state index contributed by atoms with van der Waals surface area (Å²) in [6.45, 7) is 1.93. The molecule has 1 amide bonds. The van der Waals surface area contributed by atoms with E-state index in [2.05, 4.69) is 10.6 Å². The second-order valence-electron chi connectivity index (χ2n) is 5.84. The van der Waals surface area contributed by atoms with Gasteiger partial charge in [0.2, 0.25) is 0 Å². The number of carbonyl (C=O) groups is 1. The van der Waals surface area contributed by atoms with Crippen LogP contribution in [0.25, 0.3) is 0 Å². The number of anilines is 1. The molecule has 5 nitrogen and oxygen atoms in total. The number of rotatable bonds is 4. The van der Waals surface area contributed by atoms with Crippen molar-refractivity contribution in [2.45, 2.75) is 19.1 Å². The second kappa shape index (κ2) is 6.51. The highest BCUT2D eigenvalue weighted by Gasteiger charge is 2.23. The number of carbonyl (C=O) groups excluding carboxylic acids is 1. The normalized spacial score (nSPS) is 19.2. The topological polar surface area (TPSA) is 59.6 Å².